The molecule has 298 valence electrons. The third kappa shape index (κ3) is 9.57. The highest BCUT2D eigenvalue weighted by Gasteiger charge is 2.21. The van der Waals surface area contributed by atoms with Gasteiger partial charge >= 0.3 is 0 Å². The second-order valence-corrected chi connectivity index (χ2v) is 15.0. The fourth-order valence-corrected chi connectivity index (χ4v) is 8.46. The van der Waals surface area contributed by atoms with Crippen LogP contribution in [0.15, 0.2) is 139 Å². The van der Waals surface area contributed by atoms with Crippen molar-refractivity contribution in [3.8, 4) is 28.7 Å². The number of fused-ring (bicyclic) bond motifs is 3. The van der Waals surface area contributed by atoms with Crippen molar-refractivity contribution in [3.05, 3.63) is 141 Å². The predicted octanol–water partition coefficient (Wildman–Crippen LogP) is 10.2. The molecule has 1 atom stereocenters. The number of dihydropyridines is 1. The third-order valence-corrected chi connectivity index (χ3v) is 11.4. The number of unbranched alkanes of at least 4 members (excludes halogenated alkanes) is 1. The van der Waals surface area contributed by atoms with Crippen LogP contribution in [-0.2, 0) is 6.42 Å². The van der Waals surface area contributed by atoms with Crippen LogP contribution in [0.5, 0.6) is 5.75 Å². The maximum atomic E-state index is 12.6. The monoisotopic (exact) mass is 820 g/mol. The number of thiophene rings is 2. The van der Waals surface area contributed by atoms with Crippen molar-refractivity contribution in [1.82, 2.24) is 29.3 Å². The quantitative estimate of drug-likeness (QED) is 0.146. The Bertz CT molecular complexity index is 2740. The van der Waals surface area contributed by atoms with Crippen LogP contribution in [0, 0.1) is 0 Å². The molecule has 1 unspecified atom stereocenters. The summed E-state index contributed by atoms with van der Waals surface area (Å²) >= 11 is 3.02. The standard InChI is InChI=1S/C25H25N5S.C18H13N5O2S.C2H6/c1-20-25-24(22(19-31-25)23-12-5-7-13-27-23)28-15-14-26-16-18-30(29-20)17-8-6-11-21-9-3-2-4-10-21;24-13-5-3-7-23-12(13)8-20-17(23)16-21-14-10(11-4-1-2-6-19-11)9-26-15(14)18(25)22-16;1-2/h2-5,7,9-10,12-16,18-19H,6,8,11,17H2,1H3;1-3,5-9,11,24H,4H2,(H,21,22,25);1-2H3/b18-16-,26-14?,28-15?,29-20-;;. The molecule has 0 saturated carbocycles. The highest BCUT2D eigenvalue weighted by atomic mass is 32.1. The van der Waals surface area contributed by atoms with Gasteiger partial charge in [-0.05, 0) is 73.9 Å². The summed E-state index contributed by atoms with van der Waals surface area (Å²) in [5.41, 5.74) is 7.09. The van der Waals surface area contributed by atoms with E-state index in [-0.39, 0.29) is 17.4 Å². The number of aromatic hydroxyl groups is 1. The maximum absolute atomic E-state index is 12.6. The number of nitrogens with one attached hydrogen (secondary N) is 1. The van der Waals surface area contributed by atoms with Crippen molar-refractivity contribution in [1.29, 1.82) is 0 Å². The SMILES string of the molecule is C/C1=N/N(CCCCc2ccccc2)/C=C\N=CC=Nc2c(-c3ccccn3)csc21.CC.O=c1[nH]c(-c2ncc3c(O)cccn23)nc2c(C3CC=CC=N3)csc12. The summed E-state index contributed by atoms with van der Waals surface area (Å²) in [5.74, 6) is 0.955. The first-order chi connectivity index (χ1) is 29.0. The molecule has 2 aliphatic rings. The fraction of sp³-hybridized carbons (Fsp3) is 0.200. The second-order valence-electron chi connectivity index (χ2n) is 13.2. The van der Waals surface area contributed by atoms with E-state index in [4.69, 9.17) is 5.10 Å². The average Bonchev–Trinajstić information content (AvgIpc) is 4.03. The Morgan fingerprint density at radius 1 is 0.949 bits per heavy atom. The van der Waals surface area contributed by atoms with E-state index in [1.807, 2.05) is 61.6 Å². The lowest BCUT2D eigenvalue weighted by molar-refractivity contribution is 0.385. The molecule has 0 fully saturated rings. The van der Waals surface area contributed by atoms with Crippen molar-refractivity contribution in [2.75, 3.05) is 6.54 Å². The minimum atomic E-state index is -0.200. The molecular weight excluding hydrogens is 777 g/mol. The molecule has 12 nitrogen and oxygen atoms in total. The minimum Gasteiger partial charge on any atom is -0.506 e. The molecule has 2 aliphatic heterocycles. The number of H-pyrrole nitrogens is 1. The Morgan fingerprint density at radius 2 is 1.81 bits per heavy atom. The third-order valence-electron chi connectivity index (χ3n) is 9.36. The molecule has 59 heavy (non-hydrogen) atoms. The van der Waals surface area contributed by atoms with E-state index in [2.05, 4.69) is 76.7 Å². The number of aromatic amines is 1. The molecule has 8 heterocycles. The van der Waals surface area contributed by atoms with E-state index < -0.39 is 0 Å². The second kappa shape index (κ2) is 19.7. The highest BCUT2D eigenvalue weighted by molar-refractivity contribution is 7.17. The number of hydrazone groups is 1. The largest absolute Gasteiger partial charge is 0.506 e. The van der Waals surface area contributed by atoms with Crippen molar-refractivity contribution < 1.29 is 5.11 Å². The number of rotatable bonds is 8. The number of pyridine rings is 2. The number of nitrogens with zero attached hydrogens (tertiary/aromatic N) is 9. The van der Waals surface area contributed by atoms with Gasteiger partial charge in [-0.25, -0.2) is 9.97 Å². The van der Waals surface area contributed by atoms with Crippen LogP contribution < -0.4 is 5.56 Å². The van der Waals surface area contributed by atoms with Crippen molar-refractivity contribution in [2.45, 2.75) is 52.5 Å². The lowest BCUT2D eigenvalue weighted by atomic mass is 10.0. The van der Waals surface area contributed by atoms with Gasteiger partial charge in [-0.15, -0.1) is 22.7 Å². The highest BCUT2D eigenvalue weighted by Crippen LogP contribution is 2.38. The molecule has 14 heteroatoms. The van der Waals surface area contributed by atoms with Crippen molar-refractivity contribution in [3.63, 3.8) is 0 Å². The molecule has 0 spiro atoms. The number of aromatic nitrogens is 5. The van der Waals surface area contributed by atoms with Crippen LogP contribution in [0.3, 0.4) is 0 Å². The Labute approximate surface area is 350 Å². The molecule has 0 amide bonds. The molecule has 0 aliphatic carbocycles. The fourth-order valence-electron chi connectivity index (χ4n) is 6.56. The van der Waals surface area contributed by atoms with Gasteiger partial charge in [0.25, 0.3) is 5.56 Å². The molecule has 6 aromatic heterocycles. The van der Waals surface area contributed by atoms with Gasteiger partial charge in [0.1, 0.15) is 16.0 Å². The van der Waals surface area contributed by atoms with E-state index in [9.17, 15) is 9.90 Å². The number of benzene rings is 1. The van der Waals surface area contributed by atoms with Gasteiger partial charge in [-0.3, -0.25) is 34.2 Å². The van der Waals surface area contributed by atoms with Crippen molar-refractivity contribution in [2.24, 2.45) is 20.1 Å². The summed E-state index contributed by atoms with van der Waals surface area (Å²) in [4.78, 5) is 43.4. The molecule has 9 rings (SSSR count). The first-order valence-electron chi connectivity index (χ1n) is 19.5. The summed E-state index contributed by atoms with van der Waals surface area (Å²) in [5, 5.41) is 20.9. The smallest absolute Gasteiger partial charge is 0.269 e. The van der Waals surface area contributed by atoms with E-state index in [1.165, 1.54) is 16.9 Å². The summed E-state index contributed by atoms with van der Waals surface area (Å²) in [6, 6.07) is 19.8. The molecule has 0 saturated heterocycles. The molecule has 0 bridgehead atoms. The first-order valence-corrected chi connectivity index (χ1v) is 21.3. The van der Waals surface area contributed by atoms with E-state index in [1.54, 1.807) is 71.3 Å². The first kappa shape index (κ1) is 40.6. The topological polar surface area (TPSA) is 149 Å². The van der Waals surface area contributed by atoms with Crippen LogP contribution in [-0.4, -0.2) is 65.4 Å². The number of allylic oxidation sites excluding steroid dienone is 1. The minimum absolute atomic E-state index is 0.0306. The molecule has 7 aromatic rings. The lowest BCUT2D eigenvalue weighted by Crippen LogP contribution is -2.14. The predicted molar refractivity (Wildman–Crippen MR) is 244 cm³/mol. The zero-order valence-electron chi connectivity index (χ0n) is 33.0. The Hall–Kier alpha value is -6.64. The van der Waals surface area contributed by atoms with Gasteiger partial charge in [0, 0.05) is 66.5 Å². The summed E-state index contributed by atoms with van der Waals surface area (Å²) in [7, 11) is 0. The van der Waals surface area contributed by atoms with E-state index in [0.717, 1.165) is 65.3 Å². The van der Waals surface area contributed by atoms with Gasteiger partial charge in [-0.2, -0.15) is 5.10 Å². The number of hydrogen-bond acceptors (Lipinski definition) is 12. The van der Waals surface area contributed by atoms with Crippen molar-refractivity contribution >= 4 is 68.4 Å². The Balaban J connectivity index is 0.000000174. The summed E-state index contributed by atoms with van der Waals surface area (Å²) < 4.78 is 2.28. The normalized spacial score (nSPS) is 16.0. The zero-order chi connectivity index (χ0) is 41.0. The van der Waals surface area contributed by atoms with E-state index in [0.29, 0.717) is 27.4 Å². The van der Waals surface area contributed by atoms with Gasteiger partial charge in [0.15, 0.2) is 11.6 Å². The number of hydrogen-bond donors (Lipinski definition) is 2. The van der Waals surface area contributed by atoms with Crippen LogP contribution in [0.25, 0.3) is 38.6 Å². The average molecular weight is 821 g/mol. The number of aliphatic imine (C=N–C) groups is 3. The maximum Gasteiger partial charge on any atom is 0.269 e. The number of imidazole rings is 1. The van der Waals surface area contributed by atoms with Crippen LogP contribution in [0.1, 0.15) is 62.1 Å². The molecular formula is C45H44N10O2S2. The lowest BCUT2D eigenvalue weighted by Gasteiger charge is -2.15. The van der Waals surface area contributed by atoms with Crippen LogP contribution in [0.4, 0.5) is 5.69 Å². The van der Waals surface area contributed by atoms with E-state index >= 15 is 0 Å². The molecule has 1 aromatic carbocycles. The van der Waals surface area contributed by atoms with Gasteiger partial charge in [-0.1, -0.05) is 56.3 Å². The van der Waals surface area contributed by atoms with Crippen LogP contribution >= 0.6 is 22.7 Å². The number of aryl methyl sites for hydroxylation is 1. The van der Waals surface area contributed by atoms with Crippen LogP contribution in [0.2, 0.25) is 0 Å². The molecule has 2 N–H and O–H groups in total. The Morgan fingerprint density at radius 3 is 2.63 bits per heavy atom. The van der Waals surface area contributed by atoms with Gasteiger partial charge in [0.2, 0.25) is 0 Å². The van der Waals surface area contributed by atoms with Gasteiger partial charge in [0.05, 0.1) is 39.7 Å². The summed E-state index contributed by atoms with van der Waals surface area (Å²) in [6.07, 6.45) is 22.0. The Kier molecular flexibility index (Phi) is 13.5. The molecule has 0 radical (unpaired) electrons. The zero-order valence-corrected chi connectivity index (χ0v) is 34.6. The summed E-state index contributed by atoms with van der Waals surface area (Å²) in [6.45, 7) is 6.88. The van der Waals surface area contributed by atoms with Gasteiger partial charge < -0.3 is 10.1 Å².